The van der Waals surface area contributed by atoms with Gasteiger partial charge in [0, 0.05) is 0 Å². The summed E-state index contributed by atoms with van der Waals surface area (Å²) in [5.41, 5.74) is 10.7. The quantitative estimate of drug-likeness (QED) is 0.117. The molecular formula is C48H54F6Zr-4. The van der Waals surface area contributed by atoms with E-state index in [1.165, 1.54) is 93.0 Å². The van der Waals surface area contributed by atoms with Crippen LogP contribution in [0.5, 0.6) is 0 Å². The maximum absolute atomic E-state index is 11.8. The molecule has 0 nitrogen and oxygen atoms in total. The van der Waals surface area contributed by atoms with Gasteiger partial charge >= 0.3 is 40.8 Å². The molecule has 55 heavy (non-hydrogen) atoms. The average molecular weight is 836 g/mol. The maximum atomic E-state index is 11.8. The molecule has 296 valence electrons. The van der Waals surface area contributed by atoms with Crippen LogP contribution in [0.1, 0.15) is 116 Å². The van der Waals surface area contributed by atoms with Crippen molar-refractivity contribution in [1.29, 1.82) is 0 Å². The first-order valence-electron chi connectivity index (χ1n) is 18.3. The van der Waals surface area contributed by atoms with Gasteiger partial charge in [-0.1, -0.05) is 140 Å². The van der Waals surface area contributed by atoms with Crippen molar-refractivity contribution in [2.75, 3.05) is 0 Å². The van der Waals surface area contributed by atoms with Gasteiger partial charge in [0.25, 0.3) is 0 Å². The van der Waals surface area contributed by atoms with Crippen molar-refractivity contribution in [3.63, 3.8) is 0 Å². The van der Waals surface area contributed by atoms with E-state index in [4.69, 9.17) is 0 Å². The Hall–Kier alpha value is -3.31. The second kappa shape index (κ2) is 19.7. The third-order valence-corrected chi connectivity index (χ3v) is 8.90. The topological polar surface area (TPSA) is 0 Å². The zero-order chi connectivity index (χ0) is 42.0. The summed E-state index contributed by atoms with van der Waals surface area (Å²) >= 11 is 1.30. The van der Waals surface area contributed by atoms with Crippen LogP contribution in [0.3, 0.4) is 0 Å². The van der Waals surface area contributed by atoms with Crippen LogP contribution in [-0.2, 0) is 53.8 Å². The summed E-state index contributed by atoms with van der Waals surface area (Å²) in [6.07, 6.45) is -0.501. The molecule has 0 radical (unpaired) electrons. The van der Waals surface area contributed by atoms with E-state index >= 15 is 0 Å². The van der Waals surface area contributed by atoms with Crippen LogP contribution in [0.15, 0.2) is 96.1 Å². The zero-order valence-corrected chi connectivity index (χ0v) is 36.5. The summed E-state index contributed by atoms with van der Waals surface area (Å²) in [6, 6.07) is 29.1. The van der Waals surface area contributed by atoms with Crippen molar-refractivity contribution in [2.24, 2.45) is 11.3 Å². The normalized spacial score (nSPS) is 14.8. The molecule has 0 saturated carbocycles. The average Bonchev–Trinajstić information content (AvgIpc) is 3.69. The Morgan fingerprint density at radius 2 is 1.15 bits per heavy atom. The number of allylic oxidation sites excluding steroid dienone is 4. The molecule has 0 fully saturated rings. The Bertz CT molecular complexity index is 1750. The van der Waals surface area contributed by atoms with Crippen molar-refractivity contribution in [2.45, 2.75) is 112 Å². The molecule has 1 atom stereocenters. The number of hydrogen-bond acceptors (Lipinski definition) is 0. The van der Waals surface area contributed by atoms with E-state index in [0.29, 0.717) is 11.3 Å². The fourth-order valence-electron chi connectivity index (χ4n) is 5.86. The summed E-state index contributed by atoms with van der Waals surface area (Å²) in [6.45, 7) is 24.9. The fourth-order valence-corrected chi connectivity index (χ4v) is 5.86. The van der Waals surface area contributed by atoms with Crippen LogP contribution in [0.25, 0.3) is 11.1 Å². The van der Waals surface area contributed by atoms with Crippen LogP contribution in [0.4, 0.5) is 26.3 Å². The Morgan fingerprint density at radius 1 is 0.655 bits per heavy atom. The number of hydrogen-bond donors (Lipinski definition) is 0. The van der Waals surface area contributed by atoms with E-state index in [1.807, 2.05) is 0 Å². The Balaban J connectivity index is 0.000000265. The molecule has 0 amide bonds. The van der Waals surface area contributed by atoms with Gasteiger partial charge in [-0.25, -0.2) is 5.57 Å². The van der Waals surface area contributed by atoms with Crippen LogP contribution in [0.2, 0.25) is 0 Å². The molecule has 0 aromatic heterocycles. The zero-order valence-electron chi connectivity index (χ0n) is 34.0. The summed E-state index contributed by atoms with van der Waals surface area (Å²) < 4.78 is 73.9. The van der Waals surface area contributed by atoms with E-state index in [-0.39, 0.29) is 10.8 Å². The van der Waals surface area contributed by atoms with Gasteiger partial charge in [-0.05, 0) is 17.4 Å². The molecule has 2 aliphatic carbocycles. The van der Waals surface area contributed by atoms with E-state index in [2.05, 4.69) is 141 Å². The molecule has 6 rings (SSSR count). The molecule has 0 spiro atoms. The molecular weight excluding hydrogens is 782 g/mol. The number of benzene rings is 4. The summed E-state index contributed by atoms with van der Waals surface area (Å²) in [7, 11) is 0. The van der Waals surface area contributed by atoms with Crippen LogP contribution < -0.4 is 0 Å². The standard InChI is InChI=1S/C21H25.C12H19.2C7H4F3.CH2.Zr/c1-20(2,3)16-9-7-14-11-15-8-10-17(21(4,5)6)13-19(15)18(14)12-16;1-6-10-7-9(2)8-11(10)12(3,4)5;2*8-7(9,10)6-4-2-1-3-5-6;;/h7,9-10,12-13H,11H2,1-6H3;8-9H,6H2,1-5H3;2*1-2,4-5H;1H2;/q4*-1;;. The number of halogens is 6. The molecule has 7 heteroatoms. The second-order valence-electron chi connectivity index (χ2n) is 16.5. The fraction of sp³-hybridized carbons (Fsp3) is 0.396. The molecule has 4 aromatic carbocycles. The predicted molar refractivity (Wildman–Crippen MR) is 212 cm³/mol. The third-order valence-electron chi connectivity index (χ3n) is 8.90. The minimum absolute atomic E-state index is 0.177. The van der Waals surface area contributed by atoms with E-state index < -0.39 is 23.5 Å². The van der Waals surface area contributed by atoms with Gasteiger partial charge in [0.15, 0.2) is 0 Å². The van der Waals surface area contributed by atoms with Crippen molar-refractivity contribution in [3.8, 4) is 11.1 Å². The summed E-state index contributed by atoms with van der Waals surface area (Å²) in [5.74, 6) is 0.522. The van der Waals surface area contributed by atoms with Gasteiger partial charge in [-0.2, -0.15) is 128 Å². The van der Waals surface area contributed by atoms with Crippen molar-refractivity contribution < 1.29 is 50.6 Å². The molecule has 0 bridgehead atoms. The first-order valence-corrected chi connectivity index (χ1v) is 20.0. The molecule has 0 heterocycles. The second-order valence-corrected chi connectivity index (χ2v) is 16.5. The monoisotopic (exact) mass is 834 g/mol. The van der Waals surface area contributed by atoms with Gasteiger partial charge in [-0.15, -0.1) is 5.56 Å². The number of rotatable bonds is 1. The van der Waals surface area contributed by atoms with Gasteiger partial charge in [-0.3, -0.25) is 6.08 Å². The molecule has 0 aliphatic heterocycles. The number of fused-ring (bicyclic) bond motifs is 3. The third kappa shape index (κ3) is 14.6. The van der Waals surface area contributed by atoms with Crippen LogP contribution in [-0.4, -0.2) is 4.21 Å². The van der Waals surface area contributed by atoms with E-state index in [0.717, 1.165) is 37.1 Å². The number of alkyl halides is 6. The Labute approximate surface area is 341 Å². The minimum atomic E-state index is -4.24. The van der Waals surface area contributed by atoms with Gasteiger partial charge in [0.05, 0.1) is 0 Å². The summed E-state index contributed by atoms with van der Waals surface area (Å²) in [5, 5.41) is 0. The molecule has 4 aromatic rings. The molecule has 2 aliphatic rings. The SMILES string of the molecule is CC(C)(C)c1c[c-]c2c(c1)-c1cc(C(C)(C)C)ccc1C2.CCC1=[C-]C(C)C=C1C(C)(C)C.FC(F)(F)c1c[c-]ccc1.FC(F)(F)c1c[c-]ccc1.[CH2]=[Zr]. The van der Waals surface area contributed by atoms with Gasteiger partial charge < -0.3 is 0 Å². The first-order chi connectivity index (χ1) is 25.3. The van der Waals surface area contributed by atoms with Gasteiger partial charge in [0.2, 0.25) is 0 Å². The van der Waals surface area contributed by atoms with E-state index in [9.17, 15) is 26.3 Å². The molecule has 1 unspecified atom stereocenters. The van der Waals surface area contributed by atoms with Crippen LogP contribution in [0, 0.1) is 35.6 Å². The van der Waals surface area contributed by atoms with Crippen LogP contribution >= 0.6 is 0 Å². The molecule has 0 N–H and O–H groups in total. The molecule has 0 saturated heterocycles. The Kier molecular flexibility index (Phi) is 17.1. The Morgan fingerprint density at radius 3 is 1.51 bits per heavy atom. The summed E-state index contributed by atoms with van der Waals surface area (Å²) in [4.78, 5) is 0. The van der Waals surface area contributed by atoms with Crippen molar-refractivity contribution in [3.05, 3.63) is 154 Å². The van der Waals surface area contributed by atoms with Crippen molar-refractivity contribution in [1.82, 2.24) is 0 Å². The van der Waals surface area contributed by atoms with Gasteiger partial charge in [0.1, 0.15) is 0 Å². The van der Waals surface area contributed by atoms with E-state index in [1.54, 1.807) is 0 Å². The van der Waals surface area contributed by atoms with Crippen molar-refractivity contribution >= 4 is 4.21 Å². The predicted octanol–water partition coefficient (Wildman–Crippen LogP) is 14.4. The first kappa shape index (κ1) is 47.8.